The highest BCUT2D eigenvalue weighted by atomic mass is 32.2. The van der Waals surface area contributed by atoms with Crippen LogP contribution >= 0.6 is 11.8 Å². The number of nitrogens with zero attached hydrogens (tertiary/aromatic N) is 6. The molecule has 0 unspecified atom stereocenters. The minimum absolute atomic E-state index is 0.170. The number of rotatable bonds is 6. The number of aromatic nitrogens is 6. The van der Waals surface area contributed by atoms with Gasteiger partial charge in [-0.3, -0.25) is 9.59 Å². The van der Waals surface area contributed by atoms with Crippen molar-refractivity contribution in [3.05, 3.63) is 54.6 Å². The second-order valence-electron chi connectivity index (χ2n) is 5.74. The molecule has 12 heteroatoms. The summed E-state index contributed by atoms with van der Waals surface area (Å²) in [7, 11) is 0. The average molecular weight is 427 g/mol. The normalized spacial score (nSPS) is 10.3. The molecule has 0 saturated heterocycles. The first-order valence-electron chi connectivity index (χ1n) is 8.61. The van der Waals surface area contributed by atoms with E-state index in [-0.39, 0.29) is 18.1 Å². The Bertz CT molecular complexity index is 1130. The van der Waals surface area contributed by atoms with Gasteiger partial charge in [0.15, 0.2) is 5.82 Å². The summed E-state index contributed by atoms with van der Waals surface area (Å²) in [6, 6.07) is 9.67. The SMILES string of the molecule is Cc1noc(CSCC(=O)Nc2c(-c3ccccc3)cnc3ncnn23)n1.O=CO. The van der Waals surface area contributed by atoms with E-state index in [0.717, 1.165) is 11.1 Å². The van der Waals surface area contributed by atoms with Crippen LogP contribution in [0, 0.1) is 6.92 Å². The van der Waals surface area contributed by atoms with Crippen LogP contribution in [0.4, 0.5) is 5.82 Å². The average Bonchev–Trinajstić information content (AvgIpc) is 3.38. The Kier molecular flexibility index (Phi) is 7.05. The summed E-state index contributed by atoms with van der Waals surface area (Å²) in [4.78, 5) is 33.3. The molecule has 4 aromatic rings. The number of benzene rings is 1. The van der Waals surface area contributed by atoms with E-state index in [9.17, 15) is 4.79 Å². The van der Waals surface area contributed by atoms with Crippen molar-refractivity contribution in [1.82, 2.24) is 29.7 Å². The van der Waals surface area contributed by atoms with Crippen molar-refractivity contribution in [2.24, 2.45) is 0 Å². The summed E-state index contributed by atoms with van der Waals surface area (Å²) >= 11 is 1.39. The molecule has 0 aliphatic carbocycles. The third-order valence-electron chi connectivity index (χ3n) is 3.68. The van der Waals surface area contributed by atoms with Gasteiger partial charge in [-0.15, -0.1) is 11.8 Å². The van der Waals surface area contributed by atoms with Crippen LogP contribution < -0.4 is 5.32 Å². The van der Waals surface area contributed by atoms with Gasteiger partial charge in [0, 0.05) is 11.8 Å². The molecule has 0 fully saturated rings. The third-order valence-corrected chi connectivity index (χ3v) is 4.59. The second-order valence-corrected chi connectivity index (χ2v) is 6.73. The molecule has 1 aromatic carbocycles. The van der Waals surface area contributed by atoms with Gasteiger partial charge < -0.3 is 14.9 Å². The molecule has 3 heterocycles. The Labute approximate surface area is 174 Å². The number of carbonyl (C=O) groups excluding carboxylic acids is 1. The number of carbonyl (C=O) groups is 2. The molecule has 0 radical (unpaired) electrons. The summed E-state index contributed by atoms with van der Waals surface area (Å²) in [5, 5.41) is 17.7. The van der Waals surface area contributed by atoms with Crippen molar-refractivity contribution >= 4 is 35.7 Å². The first-order valence-corrected chi connectivity index (χ1v) is 9.76. The number of aryl methyl sites for hydroxylation is 1. The van der Waals surface area contributed by atoms with E-state index < -0.39 is 0 Å². The number of carboxylic acid groups (broad SMARTS) is 1. The van der Waals surface area contributed by atoms with Crippen LogP contribution in [0.25, 0.3) is 16.9 Å². The molecule has 0 aliphatic rings. The maximum absolute atomic E-state index is 12.5. The van der Waals surface area contributed by atoms with Crippen LogP contribution in [0.5, 0.6) is 0 Å². The molecule has 0 saturated carbocycles. The quantitative estimate of drug-likeness (QED) is 0.438. The Morgan fingerprint density at radius 3 is 2.77 bits per heavy atom. The molecule has 4 rings (SSSR count). The van der Waals surface area contributed by atoms with Crippen LogP contribution in [-0.4, -0.2) is 53.0 Å². The summed E-state index contributed by atoms with van der Waals surface area (Å²) in [6.07, 6.45) is 3.09. The highest BCUT2D eigenvalue weighted by Crippen LogP contribution is 2.27. The highest BCUT2D eigenvalue weighted by Gasteiger charge is 2.15. The summed E-state index contributed by atoms with van der Waals surface area (Å²) in [6.45, 7) is 1.50. The predicted molar refractivity (Wildman–Crippen MR) is 109 cm³/mol. The minimum Gasteiger partial charge on any atom is -0.483 e. The summed E-state index contributed by atoms with van der Waals surface area (Å²) in [5.41, 5.74) is 1.69. The molecule has 0 aliphatic heterocycles. The molecule has 30 heavy (non-hydrogen) atoms. The van der Waals surface area contributed by atoms with Gasteiger partial charge in [-0.05, 0) is 12.5 Å². The lowest BCUT2D eigenvalue weighted by atomic mass is 10.1. The molecule has 0 atom stereocenters. The van der Waals surface area contributed by atoms with Gasteiger partial charge in [-0.25, -0.2) is 4.98 Å². The van der Waals surface area contributed by atoms with Crippen LogP contribution in [0.2, 0.25) is 0 Å². The highest BCUT2D eigenvalue weighted by molar-refractivity contribution is 7.99. The van der Waals surface area contributed by atoms with Gasteiger partial charge in [0.25, 0.3) is 12.2 Å². The molecule has 1 amide bonds. The number of anilines is 1. The standard InChI is InChI=1S/C17H15N7O2S.CH2O2/c1-11-21-15(26-23-11)9-27-8-14(25)22-16-13(12-5-3-2-4-6-12)7-18-17-19-10-20-24(16)17;2-1-3/h2-7,10H,8-9H2,1H3,(H,22,25);1H,(H,2,3). The fourth-order valence-electron chi connectivity index (χ4n) is 2.53. The molecule has 2 N–H and O–H groups in total. The number of fused-ring (bicyclic) bond motifs is 1. The summed E-state index contributed by atoms with van der Waals surface area (Å²) in [5.74, 6) is 2.55. The molecule has 0 spiro atoms. The fourth-order valence-corrected chi connectivity index (χ4v) is 3.18. The molecule has 154 valence electrons. The number of thioether (sulfide) groups is 1. The lowest BCUT2D eigenvalue weighted by molar-refractivity contribution is -0.123. The van der Waals surface area contributed by atoms with Crippen molar-refractivity contribution < 1.29 is 19.2 Å². The Hall–Kier alpha value is -3.80. The molecular formula is C18H17N7O4S. The van der Waals surface area contributed by atoms with E-state index in [1.165, 1.54) is 22.6 Å². The van der Waals surface area contributed by atoms with Crippen molar-refractivity contribution in [2.75, 3.05) is 11.1 Å². The predicted octanol–water partition coefficient (Wildman–Crippen LogP) is 2.06. The fraction of sp³-hybridized carbons (Fsp3) is 0.167. The van der Waals surface area contributed by atoms with E-state index in [1.54, 1.807) is 13.1 Å². The first kappa shape index (κ1) is 20.9. The number of nitrogens with one attached hydrogen (secondary N) is 1. The zero-order valence-electron chi connectivity index (χ0n) is 15.8. The lowest BCUT2D eigenvalue weighted by Crippen LogP contribution is -2.18. The maximum Gasteiger partial charge on any atom is 0.290 e. The van der Waals surface area contributed by atoms with Gasteiger partial charge >= 0.3 is 0 Å². The van der Waals surface area contributed by atoms with E-state index in [4.69, 9.17) is 14.4 Å². The van der Waals surface area contributed by atoms with E-state index >= 15 is 0 Å². The van der Waals surface area contributed by atoms with Gasteiger partial charge in [0.05, 0.1) is 11.5 Å². The van der Waals surface area contributed by atoms with Crippen molar-refractivity contribution in [1.29, 1.82) is 0 Å². The van der Waals surface area contributed by atoms with Gasteiger partial charge in [-0.1, -0.05) is 35.5 Å². The van der Waals surface area contributed by atoms with Gasteiger partial charge in [0.1, 0.15) is 12.1 Å². The largest absolute Gasteiger partial charge is 0.483 e. The Morgan fingerprint density at radius 1 is 1.30 bits per heavy atom. The first-order chi connectivity index (χ1) is 14.6. The van der Waals surface area contributed by atoms with E-state index in [1.807, 2.05) is 30.3 Å². The lowest BCUT2D eigenvalue weighted by Gasteiger charge is -2.12. The van der Waals surface area contributed by atoms with Crippen LogP contribution in [0.15, 0.2) is 47.4 Å². The van der Waals surface area contributed by atoms with Crippen LogP contribution in [0.3, 0.4) is 0 Å². The van der Waals surface area contributed by atoms with Crippen molar-refractivity contribution in [3.63, 3.8) is 0 Å². The minimum atomic E-state index is -0.250. The number of amides is 1. The van der Waals surface area contributed by atoms with Crippen LogP contribution in [-0.2, 0) is 15.3 Å². The van der Waals surface area contributed by atoms with E-state index in [2.05, 4.69) is 30.5 Å². The Balaban J connectivity index is 0.000000806. The van der Waals surface area contributed by atoms with Gasteiger partial charge in [0.2, 0.25) is 11.8 Å². The number of hydrogen-bond acceptors (Lipinski definition) is 9. The second kappa shape index (κ2) is 10.1. The molecule has 3 aromatic heterocycles. The van der Waals surface area contributed by atoms with Gasteiger partial charge in [-0.2, -0.15) is 19.6 Å². The zero-order valence-corrected chi connectivity index (χ0v) is 16.6. The van der Waals surface area contributed by atoms with Crippen LogP contribution in [0.1, 0.15) is 11.7 Å². The van der Waals surface area contributed by atoms with Crippen molar-refractivity contribution in [2.45, 2.75) is 12.7 Å². The smallest absolute Gasteiger partial charge is 0.290 e. The zero-order chi connectivity index (χ0) is 21.3. The molecule has 11 nitrogen and oxygen atoms in total. The third kappa shape index (κ3) is 5.17. The monoisotopic (exact) mass is 427 g/mol. The number of hydrogen-bond donors (Lipinski definition) is 2. The summed E-state index contributed by atoms with van der Waals surface area (Å²) < 4.78 is 6.56. The molecule has 0 bridgehead atoms. The van der Waals surface area contributed by atoms with E-state index in [0.29, 0.717) is 29.1 Å². The molecular weight excluding hydrogens is 410 g/mol. The van der Waals surface area contributed by atoms with Crippen molar-refractivity contribution in [3.8, 4) is 11.1 Å². The maximum atomic E-state index is 12.5. The topological polar surface area (TPSA) is 148 Å². The Morgan fingerprint density at radius 2 is 2.07 bits per heavy atom.